The third-order valence-electron chi connectivity index (χ3n) is 9.50. The molecule has 0 saturated heterocycles. The third kappa shape index (κ3) is 2.24. The van der Waals surface area contributed by atoms with Crippen LogP contribution in [0, 0.1) is 40.4 Å². The van der Waals surface area contributed by atoms with E-state index in [0.29, 0.717) is 23.3 Å². The fourth-order valence-electron chi connectivity index (χ4n) is 8.03. The molecule has 0 radical (unpaired) electrons. The number of allylic oxidation sites excluding steroid dienone is 4. The van der Waals surface area contributed by atoms with Gasteiger partial charge in [0.05, 0.1) is 0 Å². The van der Waals surface area contributed by atoms with Crippen molar-refractivity contribution in [3.8, 4) is 0 Å². The molecule has 5 rings (SSSR count). The van der Waals surface area contributed by atoms with E-state index < -0.39 is 5.60 Å². The molecular weight excluding hydrogens is 388 g/mol. The summed E-state index contributed by atoms with van der Waals surface area (Å²) < 4.78 is 5.82. The Hall–Kier alpha value is -1.42. The quantitative estimate of drug-likeness (QED) is 0.617. The summed E-state index contributed by atoms with van der Waals surface area (Å²) in [7, 11) is 0. The summed E-state index contributed by atoms with van der Waals surface area (Å²) >= 11 is 6.79. The molecule has 8 atom stereocenters. The molecule has 0 N–H and O–H groups in total. The molecule has 0 bridgehead atoms. The number of rotatable bonds is 2. The molecule has 0 aromatic rings. The van der Waals surface area contributed by atoms with Crippen LogP contribution < -0.4 is 0 Å². The summed E-state index contributed by atoms with van der Waals surface area (Å²) in [4.78, 5) is 37.1. The van der Waals surface area contributed by atoms with Crippen molar-refractivity contribution in [2.24, 2.45) is 40.4 Å². The molecule has 0 aromatic carbocycles. The highest BCUT2D eigenvalue weighted by molar-refractivity contribution is 6.32. The summed E-state index contributed by atoms with van der Waals surface area (Å²) in [5.74, 6) is 1.27. The van der Waals surface area contributed by atoms with Crippen LogP contribution in [0.25, 0.3) is 0 Å². The van der Waals surface area contributed by atoms with Crippen molar-refractivity contribution in [2.45, 2.75) is 65.4 Å². The molecule has 4 nitrogen and oxygen atoms in total. The van der Waals surface area contributed by atoms with Crippen LogP contribution in [0.1, 0.15) is 59.8 Å². The van der Waals surface area contributed by atoms with Gasteiger partial charge in [0.1, 0.15) is 0 Å². The maximum atomic E-state index is 12.8. The lowest BCUT2D eigenvalue weighted by Crippen LogP contribution is -2.58. The zero-order valence-electron chi connectivity index (χ0n) is 17.6. The molecule has 5 heteroatoms. The van der Waals surface area contributed by atoms with Gasteiger partial charge in [-0.15, -0.1) is 0 Å². The highest BCUT2D eigenvalue weighted by atomic mass is 35.5. The lowest BCUT2D eigenvalue weighted by atomic mass is 9.47. The Kier molecular flexibility index (Phi) is 3.93. The number of halogens is 1. The van der Waals surface area contributed by atoms with Crippen molar-refractivity contribution in [3.63, 3.8) is 0 Å². The molecule has 0 aromatic heterocycles. The molecule has 0 aliphatic heterocycles. The van der Waals surface area contributed by atoms with Gasteiger partial charge in [-0.05, 0) is 74.3 Å². The maximum absolute atomic E-state index is 12.8. The predicted octanol–water partition coefficient (Wildman–Crippen LogP) is 4.61. The highest BCUT2D eigenvalue weighted by Crippen LogP contribution is 2.72. The molecule has 3 saturated carbocycles. The van der Waals surface area contributed by atoms with Gasteiger partial charge in [-0.1, -0.05) is 31.5 Å². The number of ether oxygens (including phenoxy) is 1. The van der Waals surface area contributed by atoms with E-state index in [0.717, 1.165) is 31.3 Å². The van der Waals surface area contributed by atoms with Gasteiger partial charge < -0.3 is 4.74 Å². The first-order valence-corrected chi connectivity index (χ1v) is 11.3. The number of hydrogen-bond donors (Lipinski definition) is 0. The van der Waals surface area contributed by atoms with E-state index in [4.69, 9.17) is 16.3 Å². The average molecular weight is 417 g/mol. The number of fused-ring (bicyclic) bond motifs is 7. The molecule has 0 heterocycles. The van der Waals surface area contributed by atoms with Gasteiger partial charge in [-0.2, -0.15) is 0 Å². The number of carbonyl (C=O) groups is 3. The number of ketones is 2. The van der Waals surface area contributed by atoms with Gasteiger partial charge in [-0.25, -0.2) is 0 Å². The van der Waals surface area contributed by atoms with E-state index in [9.17, 15) is 14.4 Å². The SMILES string of the molecule is CC(=O)O[C@]1(C(C)=O)CC[C@H]2[C@@H]3C=C(Cl)C4=CC(=O)C5CC5[C@]4(C)[C@H]3CC[C@@]21C. The summed E-state index contributed by atoms with van der Waals surface area (Å²) in [6, 6.07) is 0. The molecule has 0 spiro atoms. The van der Waals surface area contributed by atoms with E-state index in [1.165, 1.54) is 6.92 Å². The Bertz CT molecular complexity index is 903. The van der Waals surface area contributed by atoms with E-state index in [-0.39, 0.29) is 46.1 Å². The normalized spacial score (nSPS) is 49.7. The number of hydrogen-bond acceptors (Lipinski definition) is 4. The van der Waals surface area contributed by atoms with Crippen molar-refractivity contribution in [1.82, 2.24) is 0 Å². The number of Topliss-reactive ketones (excluding diaryl/α,β-unsaturated/α-hetero) is 1. The van der Waals surface area contributed by atoms with Crippen LogP contribution >= 0.6 is 11.6 Å². The predicted molar refractivity (Wildman–Crippen MR) is 109 cm³/mol. The van der Waals surface area contributed by atoms with Crippen molar-refractivity contribution in [1.29, 1.82) is 0 Å². The fourth-order valence-corrected chi connectivity index (χ4v) is 8.43. The Morgan fingerprint density at radius 3 is 2.45 bits per heavy atom. The van der Waals surface area contributed by atoms with Crippen LogP contribution in [-0.4, -0.2) is 23.1 Å². The second-order valence-electron chi connectivity index (χ2n) is 10.5. The Labute approximate surface area is 177 Å². The summed E-state index contributed by atoms with van der Waals surface area (Å²) in [5, 5.41) is 0.713. The minimum Gasteiger partial charge on any atom is -0.451 e. The van der Waals surface area contributed by atoms with Crippen molar-refractivity contribution < 1.29 is 19.1 Å². The third-order valence-corrected chi connectivity index (χ3v) is 9.83. The maximum Gasteiger partial charge on any atom is 0.303 e. The Balaban J connectivity index is 1.60. The zero-order valence-corrected chi connectivity index (χ0v) is 18.3. The minimum atomic E-state index is -1.03. The van der Waals surface area contributed by atoms with Gasteiger partial charge in [0, 0.05) is 28.7 Å². The highest BCUT2D eigenvalue weighted by Gasteiger charge is 2.70. The molecular formula is C24H29ClO4. The van der Waals surface area contributed by atoms with E-state index in [1.807, 2.05) is 6.08 Å². The monoisotopic (exact) mass is 416 g/mol. The van der Waals surface area contributed by atoms with Crippen molar-refractivity contribution in [3.05, 3.63) is 22.8 Å². The zero-order chi connectivity index (χ0) is 20.9. The van der Waals surface area contributed by atoms with Crippen LogP contribution in [0.4, 0.5) is 0 Å². The first-order chi connectivity index (χ1) is 13.6. The van der Waals surface area contributed by atoms with Gasteiger partial charge in [0.25, 0.3) is 0 Å². The van der Waals surface area contributed by atoms with Crippen molar-refractivity contribution in [2.75, 3.05) is 0 Å². The lowest BCUT2D eigenvalue weighted by Gasteiger charge is -2.57. The van der Waals surface area contributed by atoms with E-state index in [2.05, 4.69) is 19.9 Å². The van der Waals surface area contributed by atoms with Crippen LogP contribution in [-0.2, 0) is 19.1 Å². The van der Waals surface area contributed by atoms with E-state index in [1.54, 1.807) is 6.92 Å². The first kappa shape index (κ1) is 19.5. The molecule has 2 unspecified atom stereocenters. The summed E-state index contributed by atoms with van der Waals surface area (Å²) in [6.45, 7) is 7.42. The molecule has 5 aliphatic carbocycles. The summed E-state index contributed by atoms with van der Waals surface area (Å²) in [5.41, 5.74) is -0.455. The van der Waals surface area contributed by atoms with Gasteiger partial charge in [-0.3, -0.25) is 14.4 Å². The fraction of sp³-hybridized carbons (Fsp3) is 0.708. The summed E-state index contributed by atoms with van der Waals surface area (Å²) in [6.07, 6.45) is 8.18. The topological polar surface area (TPSA) is 60.4 Å². The second kappa shape index (κ2) is 5.84. The Morgan fingerprint density at radius 2 is 1.79 bits per heavy atom. The Morgan fingerprint density at radius 1 is 1.10 bits per heavy atom. The van der Waals surface area contributed by atoms with Gasteiger partial charge in [0.2, 0.25) is 0 Å². The van der Waals surface area contributed by atoms with Crippen LogP contribution in [0.15, 0.2) is 22.8 Å². The smallest absolute Gasteiger partial charge is 0.303 e. The molecule has 3 fully saturated rings. The van der Waals surface area contributed by atoms with Crippen LogP contribution in [0.2, 0.25) is 0 Å². The first-order valence-electron chi connectivity index (χ1n) is 10.9. The van der Waals surface area contributed by atoms with E-state index >= 15 is 0 Å². The van der Waals surface area contributed by atoms with Crippen LogP contribution in [0.3, 0.4) is 0 Å². The minimum absolute atomic E-state index is 0.0423. The van der Waals surface area contributed by atoms with Crippen LogP contribution in [0.5, 0.6) is 0 Å². The molecule has 29 heavy (non-hydrogen) atoms. The molecule has 0 amide bonds. The molecule has 5 aliphatic rings. The van der Waals surface area contributed by atoms with Crippen molar-refractivity contribution >= 4 is 29.1 Å². The van der Waals surface area contributed by atoms with Gasteiger partial charge >= 0.3 is 5.97 Å². The standard InChI is InChI=1S/C24H29ClO4/c1-12(26)24(29-13(2)27)8-6-16-14-10-20(25)19-11-21(28)15-9-18(15)23(19,4)17(14)5-7-22(16,24)3/h10-11,14-18H,5-9H2,1-4H3/t14-,15?,16-,17-,18?,22-,23-,24-/m0/s1. The number of carbonyl (C=O) groups excluding carboxylic acids is 3. The van der Waals surface area contributed by atoms with Gasteiger partial charge in [0.15, 0.2) is 17.2 Å². The number of esters is 1. The second-order valence-corrected chi connectivity index (χ2v) is 10.9. The molecule has 156 valence electrons. The average Bonchev–Trinajstić information content (AvgIpc) is 3.39. The lowest BCUT2D eigenvalue weighted by molar-refractivity contribution is -0.185. The largest absolute Gasteiger partial charge is 0.451 e.